The van der Waals surface area contributed by atoms with Crippen LogP contribution in [0.1, 0.15) is 17.5 Å². The number of ether oxygens (including phenoxy) is 1. The number of benzene rings is 2. The van der Waals surface area contributed by atoms with E-state index >= 15 is 0 Å². The Bertz CT molecular complexity index is 786. The third kappa shape index (κ3) is 2.86. The summed E-state index contributed by atoms with van der Waals surface area (Å²) in [7, 11) is 0. The maximum absolute atomic E-state index is 8.94. The summed E-state index contributed by atoms with van der Waals surface area (Å²) in [6.07, 6.45) is 3.60. The minimum atomic E-state index is 0.607. The van der Waals surface area contributed by atoms with Crippen molar-refractivity contribution in [3.63, 3.8) is 0 Å². The van der Waals surface area contributed by atoms with Crippen molar-refractivity contribution in [3.05, 3.63) is 65.7 Å². The summed E-state index contributed by atoms with van der Waals surface area (Å²) in [6.45, 7) is 2.26. The molecule has 3 nitrogen and oxygen atoms in total. The second-order valence-corrected chi connectivity index (χ2v) is 6.24. The smallest absolute Gasteiger partial charge is 0.128 e. The lowest BCUT2D eigenvalue weighted by Gasteiger charge is -2.09. The van der Waals surface area contributed by atoms with Gasteiger partial charge in [-0.2, -0.15) is 5.26 Å². The van der Waals surface area contributed by atoms with Crippen LogP contribution in [-0.4, -0.2) is 13.1 Å². The van der Waals surface area contributed by atoms with Gasteiger partial charge in [-0.05, 0) is 66.3 Å². The molecule has 2 atom stereocenters. The molecule has 114 valence electrons. The molecule has 0 saturated carbocycles. The zero-order valence-electron chi connectivity index (χ0n) is 12.8. The topological polar surface area (TPSA) is 45.0 Å². The normalized spacial score (nSPS) is 22.3. The Morgan fingerprint density at radius 3 is 2.70 bits per heavy atom. The zero-order valence-corrected chi connectivity index (χ0v) is 12.8. The van der Waals surface area contributed by atoms with Crippen LogP contribution in [0.3, 0.4) is 0 Å². The van der Waals surface area contributed by atoms with Crippen molar-refractivity contribution >= 4 is 5.57 Å². The van der Waals surface area contributed by atoms with Gasteiger partial charge in [0.1, 0.15) is 11.5 Å². The van der Waals surface area contributed by atoms with Crippen LogP contribution in [0.2, 0.25) is 0 Å². The van der Waals surface area contributed by atoms with Crippen LogP contribution in [0.25, 0.3) is 5.57 Å². The molecule has 1 heterocycles. The van der Waals surface area contributed by atoms with Gasteiger partial charge in [0.15, 0.2) is 0 Å². The van der Waals surface area contributed by atoms with Crippen molar-refractivity contribution in [1.29, 1.82) is 5.26 Å². The van der Waals surface area contributed by atoms with Crippen LogP contribution < -0.4 is 10.1 Å². The van der Waals surface area contributed by atoms with E-state index in [-0.39, 0.29) is 0 Å². The lowest BCUT2D eigenvalue weighted by molar-refractivity contribution is 0.482. The molecule has 2 aliphatic rings. The number of rotatable bonds is 3. The van der Waals surface area contributed by atoms with Gasteiger partial charge in [-0.15, -0.1) is 0 Å². The summed E-state index contributed by atoms with van der Waals surface area (Å²) in [5.74, 6) is 2.96. The lowest BCUT2D eigenvalue weighted by Crippen LogP contribution is -2.09. The van der Waals surface area contributed by atoms with Crippen LogP contribution in [0, 0.1) is 23.2 Å². The molecule has 0 radical (unpaired) electrons. The molecule has 1 aliphatic carbocycles. The van der Waals surface area contributed by atoms with Gasteiger partial charge in [0.05, 0.1) is 11.6 Å². The quantitative estimate of drug-likeness (QED) is 0.933. The van der Waals surface area contributed by atoms with Gasteiger partial charge in [0.2, 0.25) is 0 Å². The van der Waals surface area contributed by atoms with E-state index in [1.54, 1.807) is 12.1 Å². The molecule has 1 saturated heterocycles. The fraction of sp³-hybridized carbons (Fsp3) is 0.250. The van der Waals surface area contributed by atoms with E-state index in [9.17, 15) is 0 Å². The standard InChI is InChI=1S/C20H18N2O/c21-11-14-2-1-3-20(8-14)23-19-6-4-15(5-7-19)16-9-17-12-22-13-18(17)10-16/h1-9,17-18,22H,10,12-13H2. The Labute approximate surface area is 136 Å². The molecule has 4 rings (SSSR count). The Morgan fingerprint density at radius 1 is 1.04 bits per heavy atom. The molecule has 0 amide bonds. The predicted octanol–water partition coefficient (Wildman–Crippen LogP) is 3.97. The number of hydrogen-bond donors (Lipinski definition) is 1. The number of allylic oxidation sites excluding steroid dienone is 1. The second-order valence-electron chi connectivity index (χ2n) is 6.24. The SMILES string of the molecule is N#Cc1cccc(Oc2ccc(C3=CC4CNCC4C3)cc2)c1. The first-order valence-electron chi connectivity index (χ1n) is 8.02. The van der Waals surface area contributed by atoms with Crippen LogP contribution in [-0.2, 0) is 0 Å². The molecular weight excluding hydrogens is 284 g/mol. The van der Waals surface area contributed by atoms with Crippen molar-refractivity contribution in [3.8, 4) is 17.6 Å². The van der Waals surface area contributed by atoms with Crippen LogP contribution in [0.15, 0.2) is 54.6 Å². The minimum absolute atomic E-state index is 0.607. The van der Waals surface area contributed by atoms with E-state index < -0.39 is 0 Å². The molecule has 3 heteroatoms. The van der Waals surface area contributed by atoms with Crippen molar-refractivity contribution in [2.75, 3.05) is 13.1 Å². The van der Waals surface area contributed by atoms with E-state index in [2.05, 4.69) is 29.6 Å². The van der Waals surface area contributed by atoms with Gasteiger partial charge in [0.25, 0.3) is 0 Å². The number of fused-ring (bicyclic) bond motifs is 1. The molecule has 0 aromatic heterocycles. The number of nitrogens with zero attached hydrogens (tertiary/aromatic N) is 1. The maximum atomic E-state index is 8.94. The van der Waals surface area contributed by atoms with Gasteiger partial charge >= 0.3 is 0 Å². The van der Waals surface area contributed by atoms with Gasteiger partial charge in [-0.3, -0.25) is 0 Å². The summed E-state index contributed by atoms with van der Waals surface area (Å²) in [5, 5.41) is 12.4. The predicted molar refractivity (Wildman–Crippen MR) is 90.1 cm³/mol. The van der Waals surface area contributed by atoms with Gasteiger partial charge in [0, 0.05) is 6.54 Å². The average Bonchev–Trinajstić information content (AvgIpc) is 3.17. The van der Waals surface area contributed by atoms with E-state index in [0.717, 1.165) is 24.8 Å². The van der Waals surface area contributed by atoms with Crippen LogP contribution >= 0.6 is 0 Å². The second kappa shape index (κ2) is 5.91. The van der Waals surface area contributed by atoms with Crippen molar-refractivity contribution in [1.82, 2.24) is 5.32 Å². The molecule has 23 heavy (non-hydrogen) atoms. The highest BCUT2D eigenvalue weighted by molar-refractivity contribution is 5.69. The summed E-state index contributed by atoms with van der Waals surface area (Å²) in [6, 6.07) is 17.6. The van der Waals surface area contributed by atoms with Crippen LogP contribution in [0.4, 0.5) is 0 Å². The fourth-order valence-corrected chi connectivity index (χ4v) is 3.50. The third-order valence-corrected chi connectivity index (χ3v) is 4.71. The molecule has 2 aromatic carbocycles. The first-order chi connectivity index (χ1) is 11.3. The molecular formula is C20H18N2O. The lowest BCUT2D eigenvalue weighted by atomic mass is 9.98. The summed E-state index contributed by atoms with van der Waals surface area (Å²) in [5.41, 5.74) is 3.35. The summed E-state index contributed by atoms with van der Waals surface area (Å²) in [4.78, 5) is 0. The largest absolute Gasteiger partial charge is 0.457 e. The Morgan fingerprint density at radius 2 is 1.91 bits per heavy atom. The molecule has 1 aliphatic heterocycles. The highest BCUT2D eigenvalue weighted by Gasteiger charge is 2.31. The molecule has 2 aromatic rings. The maximum Gasteiger partial charge on any atom is 0.128 e. The monoisotopic (exact) mass is 302 g/mol. The van der Waals surface area contributed by atoms with E-state index in [0.29, 0.717) is 17.2 Å². The van der Waals surface area contributed by atoms with Crippen molar-refractivity contribution in [2.45, 2.75) is 6.42 Å². The summed E-state index contributed by atoms with van der Waals surface area (Å²) < 4.78 is 5.83. The first kappa shape index (κ1) is 14.0. The molecule has 0 spiro atoms. The number of nitriles is 1. The summed E-state index contributed by atoms with van der Waals surface area (Å²) >= 11 is 0. The average molecular weight is 302 g/mol. The van der Waals surface area contributed by atoms with E-state index in [1.165, 1.54) is 17.6 Å². The Balaban J connectivity index is 1.49. The fourth-order valence-electron chi connectivity index (χ4n) is 3.50. The van der Waals surface area contributed by atoms with Crippen molar-refractivity contribution < 1.29 is 4.74 Å². The highest BCUT2D eigenvalue weighted by atomic mass is 16.5. The first-order valence-corrected chi connectivity index (χ1v) is 8.02. The van der Waals surface area contributed by atoms with Gasteiger partial charge in [-0.1, -0.05) is 24.3 Å². The third-order valence-electron chi connectivity index (χ3n) is 4.71. The van der Waals surface area contributed by atoms with Crippen molar-refractivity contribution in [2.24, 2.45) is 11.8 Å². The van der Waals surface area contributed by atoms with E-state index in [4.69, 9.17) is 10.00 Å². The molecule has 1 fully saturated rings. The Kier molecular flexibility index (Phi) is 3.61. The highest BCUT2D eigenvalue weighted by Crippen LogP contribution is 2.38. The van der Waals surface area contributed by atoms with Crippen LogP contribution in [0.5, 0.6) is 11.5 Å². The molecule has 2 unspecified atom stereocenters. The molecule has 0 bridgehead atoms. The van der Waals surface area contributed by atoms with Gasteiger partial charge < -0.3 is 10.1 Å². The van der Waals surface area contributed by atoms with E-state index in [1.807, 2.05) is 24.3 Å². The molecule has 1 N–H and O–H groups in total. The number of hydrogen-bond acceptors (Lipinski definition) is 3. The van der Waals surface area contributed by atoms with Gasteiger partial charge in [-0.25, -0.2) is 0 Å². The number of nitrogens with one attached hydrogen (secondary N) is 1. The Hall–Kier alpha value is -2.57. The zero-order chi connectivity index (χ0) is 15.6. The minimum Gasteiger partial charge on any atom is -0.457 e.